The highest BCUT2D eigenvalue weighted by molar-refractivity contribution is 6.12. The zero-order valence-electron chi connectivity index (χ0n) is 17.3. The summed E-state index contributed by atoms with van der Waals surface area (Å²) in [6.45, 7) is 9.74. The number of benzene rings is 1. The number of amides is 2. The Morgan fingerprint density at radius 2 is 1.41 bits per heavy atom. The van der Waals surface area contributed by atoms with Gasteiger partial charge in [-0.05, 0) is 53.7 Å². The molecule has 1 aromatic carbocycles. The number of aromatic nitrogens is 2. The average Bonchev–Trinajstić information content (AvgIpc) is 2.97. The summed E-state index contributed by atoms with van der Waals surface area (Å²) in [7, 11) is 0. The van der Waals surface area contributed by atoms with Crippen LogP contribution in [0.4, 0.5) is 15.4 Å². The van der Waals surface area contributed by atoms with E-state index in [0.717, 1.165) is 0 Å². The first-order valence-electron chi connectivity index (χ1n) is 8.93. The Balaban J connectivity index is 2.59. The number of carbonyl (C=O) groups excluding carboxylic acids is 2. The van der Waals surface area contributed by atoms with Crippen molar-refractivity contribution in [2.45, 2.75) is 52.7 Å². The highest BCUT2D eigenvalue weighted by atomic mass is 16.6. The molecule has 0 saturated heterocycles. The largest absolute Gasteiger partial charge is 0.477 e. The van der Waals surface area contributed by atoms with Crippen LogP contribution in [0.15, 0.2) is 36.5 Å². The summed E-state index contributed by atoms with van der Waals surface area (Å²) < 4.78 is 11.8. The molecule has 0 fully saturated rings. The zero-order chi connectivity index (χ0) is 22.0. The fourth-order valence-corrected chi connectivity index (χ4v) is 2.26. The number of ether oxygens (including phenoxy) is 2. The maximum absolute atomic E-state index is 12.8. The maximum Gasteiger partial charge on any atom is 0.425 e. The first-order chi connectivity index (χ1) is 13.3. The number of imide groups is 1. The van der Waals surface area contributed by atoms with Gasteiger partial charge in [0.25, 0.3) is 0 Å². The molecule has 0 aliphatic heterocycles. The molecule has 2 rings (SSSR count). The van der Waals surface area contributed by atoms with Gasteiger partial charge < -0.3 is 14.6 Å². The molecule has 0 bridgehead atoms. The standard InChI is InChI=1S/C20H25N3O6/c1-19(2,3)28-17(26)23(18(27)29-20(4,5)6)15-14(16(24)25)12-22(21-15)13-10-8-7-9-11-13/h7-12H,1-6H3,(H,24,25). The van der Waals surface area contributed by atoms with E-state index in [4.69, 9.17) is 9.47 Å². The van der Waals surface area contributed by atoms with Crippen LogP contribution in [0.3, 0.4) is 0 Å². The molecular formula is C20H25N3O6. The van der Waals surface area contributed by atoms with E-state index < -0.39 is 35.2 Å². The zero-order valence-corrected chi connectivity index (χ0v) is 17.3. The smallest absolute Gasteiger partial charge is 0.425 e. The summed E-state index contributed by atoms with van der Waals surface area (Å²) >= 11 is 0. The van der Waals surface area contributed by atoms with E-state index in [0.29, 0.717) is 10.6 Å². The summed E-state index contributed by atoms with van der Waals surface area (Å²) in [5, 5.41) is 13.8. The molecule has 0 radical (unpaired) electrons. The third kappa shape index (κ3) is 5.81. The number of aromatic carboxylic acids is 1. The van der Waals surface area contributed by atoms with Gasteiger partial charge in [-0.3, -0.25) is 0 Å². The number of carbonyl (C=O) groups is 3. The molecule has 0 aliphatic carbocycles. The number of nitrogens with zero attached hydrogens (tertiary/aromatic N) is 3. The van der Waals surface area contributed by atoms with Gasteiger partial charge >= 0.3 is 18.2 Å². The van der Waals surface area contributed by atoms with Crippen LogP contribution in [-0.4, -0.2) is 44.2 Å². The molecule has 2 aromatic rings. The number of hydrogen-bond donors (Lipinski definition) is 1. The van der Waals surface area contributed by atoms with Crippen LogP contribution in [0.1, 0.15) is 51.9 Å². The number of rotatable bonds is 3. The summed E-state index contributed by atoms with van der Waals surface area (Å²) in [6, 6.07) is 8.69. The molecule has 0 unspecified atom stereocenters. The summed E-state index contributed by atoms with van der Waals surface area (Å²) in [5.41, 5.74) is -1.66. The van der Waals surface area contributed by atoms with Crippen molar-refractivity contribution in [2.75, 3.05) is 4.90 Å². The topological polar surface area (TPSA) is 111 Å². The van der Waals surface area contributed by atoms with Crippen molar-refractivity contribution in [1.82, 2.24) is 9.78 Å². The van der Waals surface area contributed by atoms with Crippen molar-refractivity contribution in [3.05, 3.63) is 42.1 Å². The third-order valence-electron chi connectivity index (χ3n) is 3.31. The van der Waals surface area contributed by atoms with E-state index in [1.807, 2.05) is 0 Å². The van der Waals surface area contributed by atoms with Crippen LogP contribution >= 0.6 is 0 Å². The highest BCUT2D eigenvalue weighted by Gasteiger charge is 2.37. The Morgan fingerprint density at radius 1 is 0.931 bits per heavy atom. The molecule has 1 aromatic heterocycles. The third-order valence-corrected chi connectivity index (χ3v) is 3.31. The van der Waals surface area contributed by atoms with Gasteiger partial charge in [-0.1, -0.05) is 18.2 Å². The van der Waals surface area contributed by atoms with Crippen LogP contribution in [0, 0.1) is 0 Å². The average molecular weight is 403 g/mol. The van der Waals surface area contributed by atoms with Crippen LogP contribution in [-0.2, 0) is 9.47 Å². The van der Waals surface area contributed by atoms with Gasteiger partial charge in [0.1, 0.15) is 16.8 Å². The van der Waals surface area contributed by atoms with Gasteiger partial charge in [0.2, 0.25) is 0 Å². The lowest BCUT2D eigenvalue weighted by Crippen LogP contribution is -2.44. The molecule has 1 heterocycles. The minimum atomic E-state index is -1.36. The van der Waals surface area contributed by atoms with Gasteiger partial charge in [-0.2, -0.15) is 4.90 Å². The van der Waals surface area contributed by atoms with E-state index in [1.165, 1.54) is 10.9 Å². The molecule has 156 valence electrons. The summed E-state index contributed by atoms with van der Waals surface area (Å²) in [6.07, 6.45) is -0.963. The van der Waals surface area contributed by atoms with Gasteiger partial charge in [0.15, 0.2) is 5.82 Å². The molecule has 29 heavy (non-hydrogen) atoms. The van der Waals surface area contributed by atoms with Gasteiger partial charge in [0, 0.05) is 6.20 Å². The fraction of sp³-hybridized carbons (Fsp3) is 0.400. The number of carboxylic acid groups (broad SMARTS) is 1. The van der Waals surface area contributed by atoms with Crippen molar-refractivity contribution in [2.24, 2.45) is 0 Å². The molecule has 0 saturated carbocycles. The van der Waals surface area contributed by atoms with Crippen molar-refractivity contribution >= 4 is 24.0 Å². The van der Waals surface area contributed by atoms with Gasteiger partial charge in [-0.15, -0.1) is 5.10 Å². The minimum absolute atomic E-state index is 0.356. The predicted molar refractivity (Wildman–Crippen MR) is 105 cm³/mol. The number of para-hydroxylation sites is 1. The van der Waals surface area contributed by atoms with E-state index in [2.05, 4.69) is 5.10 Å². The molecule has 1 N–H and O–H groups in total. The lowest BCUT2D eigenvalue weighted by molar-refractivity contribution is 0.0429. The van der Waals surface area contributed by atoms with Crippen molar-refractivity contribution < 1.29 is 29.0 Å². The van der Waals surface area contributed by atoms with Crippen molar-refractivity contribution in [1.29, 1.82) is 0 Å². The first kappa shape index (κ1) is 21.9. The first-order valence-corrected chi connectivity index (χ1v) is 8.93. The molecule has 2 amide bonds. The Morgan fingerprint density at radius 3 is 1.83 bits per heavy atom. The minimum Gasteiger partial charge on any atom is -0.477 e. The molecule has 0 aliphatic rings. The van der Waals surface area contributed by atoms with E-state index in [1.54, 1.807) is 71.9 Å². The molecule has 9 heteroatoms. The van der Waals surface area contributed by atoms with Crippen LogP contribution < -0.4 is 4.90 Å². The second-order valence-electron chi connectivity index (χ2n) is 8.25. The van der Waals surface area contributed by atoms with Crippen LogP contribution in [0.5, 0.6) is 0 Å². The maximum atomic E-state index is 12.8. The second-order valence-corrected chi connectivity index (χ2v) is 8.25. The Bertz CT molecular complexity index is 879. The fourth-order valence-electron chi connectivity index (χ4n) is 2.26. The van der Waals surface area contributed by atoms with Gasteiger partial charge in [-0.25, -0.2) is 19.1 Å². The number of anilines is 1. The Hall–Kier alpha value is -3.36. The molecule has 0 spiro atoms. The SMILES string of the molecule is CC(C)(C)OC(=O)N(C(=O)OC(C)(C)C)c1nn(-c2ccccc2)cc1C(=O)O. The monoisotopic (exact) mass is 403 g/mol. The summed E-state index contributed by atoms with van der Waals surface area (Å²) in [4.78, 5) is 37.8. The van der Waals surface area contributed by atoms with Crippen molar-refractivity contribution in [3.8, 4) is 5.69 Å². The second kappa shape index (κ2) is 7.94. The summed E-state index contributed by atoms with van der Waals surface area (Å²) in [5.74, 6) is -1.76. The Labute approximate surface area is 168 Å². The quantitative estimate of drug-likeness (QED) is 0.815. The van der Waals surface area contributed by atoms with Crippen LogP contribution in [0.2, 0.25) is 0 Å². The van der Waals surface area contributed by atoms with E-state index in [-0.39, 0.29) is 5.56 Å². The molecular weight excluding hydrogens is 378 g/mol. The van der Waals surface area contributed by atoms with Crippen molar-refractivity contribution in [3.63, 3.8) is 0 Å². The molecule has 0 atom stereocenters. The lowest BCUT2D eigenvalue weighted by Gasteiger charge is -2.27. The van der Waals surface area contributed by atoms with Gasteiger partial charge in [0.05, 0.1) is 5.69 Å². The lowest BCUT2D eigenvalue weighted by atomic mass is 10.2. The van der Waals surface area contributed by atoms with E-state index >= 15 is 0 Å². The number of carboxylic acids is 1. The van der Waals surface area contributed by atoms with Crippen LogP contribution in [0.25, 0.3) is 5.69 Å². The normalized spacial score (nSPS) is 11.7. The highest BCUT2D eigenvalue weighted by Crippen LogP contribution is 2.25. The predicted octanol–water partition coefficient (Wildman–Crippen LogP) is 4.25. The molecule has 9 nitrogen and oxygen atoms in total. The number of hydrogen-bond acceptors (Lipinski definition) is 6. The Kier molecular flexibility index (Phi) is 6.01. The van der Waals surface area contributed by atoms with E-state index in [9.17, 15) is 19.5 Å².